The molecule has 0 atom stereocenters. The summed E-state index contributed by atoms with van der Waals surface area (Å²) in [5.74, 6) is 1.20. The third kappa shape index (κ3) is 9.28. The highest BCUT2D eigenvalue weighted by molar-refractivity contribution is 6.17. The molecule has 0 aliphatic heterocycles. The van der Waals surface area contributed by atoms with E-state index in [0.717, 1.165) is 25.7 Å². The van der Waals surface area contributed by atoms with Crippen LogP contribution >= 0.6 is 23.2 Å². The summed E-state index contributed by atoms with van der Waals surface area (Å²) >= 11 is 12.5. The lowest BCUT2D eigenvalue weighted by atomic mass is 9.93. The number of benzene rings is 1. The molecule has 0 fully saturated rings. The Hall–Kier alpha value is -0.720. The molecule has 26 heavy (non-hydrogen) atoms. The SMILES string of the molecule is C=CCCCCCCc1cc(CCl)c(CCCCCCC=C)cc1CCl. The summed E-state index contributed by atoms with van der Waals surface area (Å²) in [6.07, 6.45) is 18.6. The summed E-state index contributed by atoms with van der Waals surface area (Å²) in [5, 5.41) is 0. The lowest BCUT2D eigenvalue weighted by molar-refractivity contribution is 0.641. The van der Waals surface area contributed by atoms with Crippen LogP contribution in [0.3, 0.4) is 0 Å². The highest BCUT2D eigenvalue weighted by atomic mass is 35.5. The van der Waals surface area contributed by atoms with Gasteiger partial charge in [-0.2, -0.15) is 0 Å². The van der Waals surface area contributed by atoms with Crippen LogP contribution in [0.2, 0.25) is 0 Å². The fourth-order valence-electron chi connectivity index (χ4n) is 3.42. The first-order valence-corrected chi connectivity index (χ1v) is 11.3. The van der Waals surface area contributed by atoms with Gasteiger partial charge in [-0.3, -0.25) is 0 Å². The molecule has 0 aliphatic rings. The van der Waals surface area contributed by atoms with E-state index in [1.807, 2.05) is 12.2 Å². The van der Waals surface area contributed by atoms with Gasteiger partial charge in [0.25, 0.3) is 0 Å². The molecule has 0 amide bonds. The Morgan fingerprint density at radius 3 is 1.31 bits per heavy atom. The van der Waals surface area contributed by atoms with Crippen LogP contribution < -0.4 is 0 Å². The molecule has 1 rings (SSSR count). The smallest absolute Gasteiger partial charge is 0.0476 e. The van der Waals surface area contributed by atoms with Crippen LogP contribution in [-0.4, -0.2) is 0 Å². The number of aryl methyl sites for hydroxylation is 2. The molecule has 0 bridgehead atoms. The van der Waals surface area contributed by atoms with E-state index in [1.165, 1.54) is 73.6 Å². The van der Waals surface area contributed by atoms with Crippen molar-refractivity contribution in [2.24, 2.45) is 0 Å². The third-order valence-electron chi connectivity index (χ3n) is 5.02. The first-order chi connectivity index (χ1) is 12.8. The molecule has 0 nitrogen and oxygen atoms in total. The van der Waals surface area contributed by atoms with Gasteiger partial charge in [0.2, 0.25) is 0 Å². The minimum atomic E-state index is 0.598. The van der Waals surface area contributed by atoms with Gasteiger partial charge in [-0.15, -0.1) is 36.4 Å². The van der Waals surface area contributed by atoms with Crippen molar-refractivity contribution in [2.75, 3.05) is 0 Å². The quantitative estimate of drug-likeness (QED) is 0.149. The number of hydrogen-bond acceptors (Lipinski definition) is 0. The summed E-state index contributed by atoms with van der Waals surface area (Å²) in [6.45, 7) is 7.57. The van der Waals surface area contributed by atoms with Gasteiger partial charge < -0.3 is 0 Å². The summed E-state index contributed by atoms with van der Waals surface area (Å²) in [7, 11) is 0. The first kappa shape index (κ1) is 23.3. The largest absolute Gasteiger partial charge is 0.122 e. The van der Waals surface area contributed by atoms with Crippen molar-refractivity contribution in [3.8, 4) is 0 Å². The molecular formula is C24H36Cl2. The minimum absolute atomic E-state index is 0.598. The van der Waals surface area contributed by atoms with Gasteiger partial charge in [-0.25, -0.2) is 0 Å². The Morgan fingerprint density at radius 2 is 0.962 bits per heavy atom. The van der Waals surface area contributed by atoms with Crippen LogP contribution in [0.1, 0.15) is 86.5 Å². The summed E-state index contributed by atoms with van der Waals surface area (Å²) < 4.78 is 0. The van der Waals surface area contributed by atoms with Gasteiger partial charge in [0.05, 0.1) is 0 Å². The van der Waals surface area contributed by atoms with Crippen molar-refractivity contribution in [3.05, 3.63) is 59.7 Å². The van der Waals surface area contributed by atoms with Crippen LogP contribution in [0.4, 0.5) is 0 Å². The lowest BCUT2D eigenvalue weighted by Crippen LogP contribution is -2.00. The maximum atomic E-state index is 6.25. The Bertz CT molecular complexity index is 471. The van der Waals surface area contributed by atoms with E-state index in [2.05, 4.69) is 25.3 Å². The number of rotatable bonds is 16. The molecule has 146 valence electrons. The van der Waals surface area contributed by atoms with Crippen molar-refractivity contribution in [2.45, 2.75) is 88.8 Å². The fraction of sp³-hybridized carbons (Fsp3) is 0.583. The van der Waals surface area contributed by atoms with Gasteiger partial charge in [-0.05, 0) is 73.6 Å². The van der Waals surface area contributed by atoms with Crippen molar-refractivity contribution < 1.29 is 0 Å². The monoisotopic (exact) mass is 394 g/mol. The normalized spacial score (nSPS) is 10.8. The topological polar surface area (TPSA) is 0 Å². The third-order valence-corrected chi connectivity index (χ3v) is 5.59. The van der Waals surface area contributed by atoms with Crippen LogP contribution in [-0.2, 0) is 24.6 Å². The molecule has 0 unspecified atom stereocenters. The number of hydrogen-bond donors (Lipinski definition) is 0. The summed E-state index contributed by atoms with van der Waals surface area (Å²) in [6, 6.07) is 4.64. The minimum Gasteiger partial charge on any atom is -0.122 e. The van der Waals surface area contributed by atoms with Gasteiger partial charge in [0.1, 0.15) is 0 Å². The van der Waals surface area contributed by atoms with Crippen LogP contribution in [0.5, 0.6) is 0 Å². The molecule has 2 heteroatoms. The summed E-state index contributed by atoms with van der Waals surface area (Å²) in [5.41, 5.74) is 5.39. The number of unbranched alkanes of at least 4 members (excludes halogenated alkanes) is 8. The lowest BCUT2D eigenvalue weighted by Gasteiger charge is -2.14. The zero-order chi connectivity index (χ0) is 19.0. The molecule has 0 saturated heterocycles. The molecule has 0 aromatic heterocycles. The van der Waals surface area contributed by atoms with Crippen molar-refractivity contribution in [3.63, 3.8) is 0 Å². The molecule has 0 heterocycles. The van der Waals surface area contributed by atoms with E-state index in [0.29, 0.717) is 11.8 Å². The zero-order valence-electron chi connectivity index (χ0n) is 16.4. The Morgan fingerprint density at radius 1 is 0.577 bits per heavy atom. The predicted octanol–water partition coefficient (Wildman–Crippen LogP) is 8.52. The second-order valence-electron chi connectivity index (χ2n) is 7.14. The molecule has 1 aromatic rings. The predicted molar refractivity (Wildman–Crippen MR) is 120 cm³/mol. The van der Waals surface area contributed by atoms with E-state index in [4.69, 9.17) is 23.2 Å². The average Bonchev–Trinajstić information content (AvgIpc) is 2.67. The Balaban J connectivity index is 2.56. The zero-order valence-corrected chi connectivity index (χ0v) is 17.9. The number of alkyl halides is 2. The van der Waals surface area contributed by atoms with Crippen molar-refractivity contribution in [1.29, 1.82) is 0 Å². The number of halogens is 2. The van der Waals surface area contributed by atoms with E-state index in [-0.39, 0.29) is 0 Å². The van der Waals surface area contributed by atoms with Crippen LogP contribution in [0, 0.1) is 0 Å². The molecule has 0 saturated carbocycles. The first-order valence-electron chi connectivity index (χ1n) is 10.2. The standard InChI is InChI=1S/C24H36Cl2/c1-3-5-7-9-11-13-15-21-17-24(20-26)22(18-23(21)19-25)16-14-12-10-8-6-4-2/h3-4,17-18H,1-2,5-16,19-20H2. The second-order valence-corrected chi connectivity index (χ2v) is 7.67. The number of allylic oxidation sites excluding steroid dienone is 2. The molecule has 0 aliphatic carbocycles. The van der Waals surface area contributed by atoms with Crippen molar-refractivity contribution >= 4 is 23.2 Å². The van der Waals surface area contributed by atoms with E-state index in [9.17, 15) is 0 Å². The van der Waals surface area contributed by atoms with E-state index >= 15 is 0 Å². The average molecular weight is 395 g/mol. The molecule has 0 N–H and O–H groups in total. The van der Waals surface area contributed by atoms with E-state index in [1.54, 1.807) is 0 Å². The molecule has 1 aromatic carbocycles. The fourth-order valence-corrected chi connectivity index (χ4v) is 3.92. The highest BCUT2D eigenvalue weighted by Crippen LogP contribution is 2.24. The van der Waals surface area contributed by atoms with Crippen LogP contribution in [0.25, 0.3) is 0 Å². The van der Waals surface area contributed by atoms with Gasteiger partial charge >= 0.3 is 0 Å². The molecule has 0 radical (unpaired) electrons. The maximum absolute atomic E-state index is 6.25. The Kier molecular flexibility index (Phi) is 13.8. The molecular weight excluding hydrogens is 359 g/mol. The van der Waals surface area contributed by atoms with Gasteiger partial charge in [0.15, 0.2) is 0 Å². The summed E-state index contributed by atoms with van der Waals surface area (Å²) in [4.78, 5) is 0. The van der Waals surface area contributed by atoms with Gasteiger partial charge in [-0.1, -0.05) is 50.0 Å². The van der Waals surface area contributed by atoms with Crippen molar-refractivity contribution in [1.82, 2.24) is 0 Å². The second kappa shape index (κ2) is 15.3. The van der Waals surface area contributed by atoms with Gasteiger partial charge in [0, 0.05) is 11.8 Å². The van der Waals surface area contributed by atoms with Crippen LogP contribution in [0.15, 0.2) is 37.4 Å². The maximum Gasteiger partial charge on any atom is 0.0476 e. The highest BCUT2D eigenvalue weighted by Gasteiger charge is 2.09. The van der Waals surface area contributed by atoms with E-state index < -0.39 is 0 Å². The Labute approximate surface area is 171 Å². The molecule has 0 spiro atoms.